The van der Waals surface area contributed by atoms with Gasteiger partial charge in [0.05, 0.1) is 4.91 Å². The maximum atomic E-state index is 12.0. The first-order valence-corrected chi connectivity index (χ1v) is 10.5. The molecule has 1 heterocycles. The third kappa shape index (κ3) is 5.59. The van der Waals surface area contributed by atoms with E-state index < -0.39 is 0 Å². The van der Waals surface area contributed by atoms with Gasteiger partial charge >= 0.3 is 0 Å². The number of benzene rings is 2. The van der Waals surface area contributed by atoms with Crippen LogP contribution in [0.4, 0.5) is 5.69 Å². The van der Waals surface area contributed by atoms with Crippen LogP contribution in [0.5, 0.6) is 0 Å². The Labute approximate surface area is 168 Å². The number of rotatable bonds is 5. The molecule has 4 nitrogen and oxygen atoms in total. The van der Waals surface area contributed by atoms with E-state index in [1.807, 2.05) is 60.7 Å². The minimum Gasteiger partial charge on any atom is -0.326 e. The fourth-order valence-corrected chi connectivity index (χ4v) is 4.41. The molecule has 1 N–H and O–H groups in total. The fourth-order valence-electron chi connectivity index (χ4n) is 2.14. The topological polar surface area (TPSA) is 58.5 Å². The summed E-state index contributed by atoms with van der Waals surface area (Å²) in [6.07, 6.45) is 2.19. The molecule has 1 aliphatic rings. The third-order valence-electron chi connectivity index (χ3n) is 3.38. The molecule has 2 aromatic carbocycles. The average molecular weight is 447 g/mol. The fraction of sp³-hybridized carbons (Fsp3) is 0.105. The Hall–Kier alpha value is -1.83. The first-order chi connectivity index (χ1) is 12.6. The van der Waals surface area contributed by atoms with Crippen molar-refractivity contribution in [2.45, 2.75) is 6.42 Å². The molecule has 0 saturated carbocycles. The Bertz CT molecular complexity index is 865. The van der Waals surface area contributed by atoms with E-state index in [2.05, 4.69) is 26.2 Å². The van der Waals surface area contributed by atoms with E-state index in [1.54, 1.807) is 0 Å². The Balaban J connectivity index is 1.46. The van der Waals surface area contributed by atoms with Crippen LogP contribution in [0.1, 0.15) is 12.0 Å². The van der Waals surface area contributed by atoms with Gasteiger partial charge in [-0.15, -0.1) is 0 Å². The SMILES string of the molecule is O=C(CCSC1=NC(=O)C(=Cc2ccccc2)S1)Nc1ccc(Br)cc1. The highest BCUT2D eigenvalue weighted by Gasteiger charge is 2.22. The van der Waals surface area contributed by atoms with Crippen molar-refractivity contribution in [2.75, 3.05) is 11.1 Å². The van der Waals surface area contributed by atoms with Crippen molar-refractivity contribution < 1.29 is 9.59 Å². The molecule has 1 aliphatic heterocycles. The molecule has 3 rings (SSSR count). The van der Waals surface area contributed by atoms with Crippen LogP contribution in [0.15, 0.2) is 69.0 Å². The zero-order chi connectivity index (χ0) is 18.4. The smallest absolute Gasteiger partial charge is 0.285 e. The molecular weight excluding hydrogens is 432 g/mol. The number of aliphatic imine (C=N–C) groups is 1. The van der Waals surface area contributed by atoms with E-state index in [-0.39, 0.29) is 11.8 Å². The van der Waals surface area contributed by atoms with Crippen LogP contribution < -0.4 is 5.32 Å². The van der Waals surface area contributed by atoms with E-state index >= 15 is 0 Å². The summed E-state index contributed by atoms with van der Waals surface area (Å²) in [7, 11) is 0. The lowest BCUT2D eigenvalue weighted by Gasteiger charge is -2.05. The van der Waals surface area contributed by atoms with Gasteiger partial charge in [-0.3, -0.25) is 9.59 Å². The van der Waals surface area contributed by atoms with Gasteiger partial charge in [-0.05, 0) is 35.9 Å². The van der Waals surface area contributed by atoms with Crippen molar-refractivity contribution in [1.82, 2.24) is 0 Å². The van der Waals surface area contributed by atoms with Gasteiger partial charge in [0, 0.05) is 22.3 Å². The number of thioether (sulfide) groups is 2. The number of nitrogens with zero attached hydrogens (tertiary/aromatic N) is 1. The van der Waals surface area contributed by atoms with Gasteiger partial charge in [0.25, 0.3) is 5.91 Å². The summed E-state index contributed by atoms with van der Waals surface area (Å²) < 4.78 is 1.65. The highest BCUT2D eigenvalue weighted by Crippen LogP contribution is 2.33. The van der Waals surface area contributed by atoms with Gasteiger partial charge in [-0.1, -0.05) is 69.8 Å². The summed E-state index contributed by atoms with van der Waals surface area (Å²) in [4.78, 5) is 28.6. The number of nitrogens with one attached hydrogen (secondary N) is 1. The molecule has 26 heavy (non-hydrogen) atoms. The predicted molar refractivity (Wildman–Crippen MR) is 114 cm³/mol. The molecule has 0 atom stereocenters. The van der Waals surface area contributed by atoms with Crippen LogP contribution in [0.2, 0.25) is 0 Å². The summed E-state index contributed by atoms with van der Waals surface area (Å²) in [5.74, 6) is 0.288. The monoisotopic (exact) mass is 446 g/mol. The van der Waals surface area contributed by atoms with E-state index in [0.717, 1.165) is 15.7 Å². The predicted octanol–water partition coefficient (Wildman–Crippen LogP) is 5.18. The molecule has 0 bridgehead atoms. The second kappa shape index (κ2) is 9.21. The van der Waals surface area contributed by atoms with E-state index in [4.69, 9.17) is 0 Å². The lowest BCUT2D eigenvalue weighted by atomic mass is 10.2. The van der Waals surface area contributed by atoms with Crippen molar-refractivity contribution in [3.05, 3.63) is 69.5 Å². The zero-order valence-electron chi connectivity index (χ0n) is 13.6. The highest BCUT2D eigenvalue weighted by atomic mass is 79.9. The average Bonchev–Trinajstić information content (AvgIpc) is 2.97. The summed E-state index contributed by atoms with van der Waals surface area (Å²) in [5.41, 5.74) is 1.73. The summed E-state index contributed by atoms with van der Waals surface area (Å²) in [6.45, 7) is 0. The van der Waals surface area contributed by atoms with Gasteiger partial charge in [-0.25, -0.2) is 0 Å². The summed E-state index contributed by atoms with van der Waals surface area (Å²) >= 11 is 6.14. The van der Waals surface area contributed by atoms with Crippen LogP contribution in [-0.2, 0) is 9.59 Å². The van der Waals surface area contributed by atoms with E-state index in [1.165, 1.54) is 23.5 Å². The molecule has 2 aromatic rings. The quantitative estimate of drug-likeness (QED) is 0.642. The number of halogens is 1. The van der Waals surface area contributed by atoms with Gasteiger partial charge in [0.1, 0.15) is 4.38 Å². The van der Waals surface area contributed by atoms with Gasteiger partial charge in [0.15, 0.2) is 0 Å². The molecule has 0 fully saturated rings. The second-order valence-corrected chi connectivity index (χ2v) is 8.65. The molecule has 0 radical (unpaired) electrons. The van der Waals surface area contributed by atoms with Crippen LogP contribution in [-0.4, -0.2) is 21.9 Å². The normalized spacial score (nSPS) is 15.2. The number of carbonyl (C=O) groups excluding carboxylic acids is 2. The molecule has 0 spiro atoms. The lowest BCUT2D eigenvalue weighted by molar-refractivity contribution is -0.116. The minimum atomic E-state index is -0.222. The number of hydrogen-bond donors (Lipinski definition) is 1. The number of carbonyl (C=O) groups is 2. The highest BCUT2D eigenvalue weighted by molar-refractivity contribution is 9.10. The molecule has 7 heteroatoms. The third-order valence-corrected chi connectivity index (χ3v) is 6.04. The molecule has 0 aromatic heterocycles. The van der Waals surface area contributed by atoms with Gasteiger partial charge < -0.3 is 5.32 Å². The van der Waals surface area contributed by atoms with E-state index in [9.17, 15) is 9.59 Å². The first kappa shape index (κ1) is 18.9. The van der Waals surface area contributed by atoms with E-state index in [0.29, 0.717) is 21.5 Å². The van der Waals surface area contributed by atoms with Crippen LogP contribution in [0.3, 0.4) is 0 Å². The van der Waals surface area contributed by atoms with Crippen LogP contribution >= 0.6 is 39.5 Å². The van der Waals surface area contributed by atoms with Gasteiger partial charge in [-0.2, -0.15) is 4.99 Å². The molecular formula is C19H15BrN2O2S2. The number of amides is 2. The number of hydrogen-bond acceptors (Lipinski definition) is 4. The molecule has 2 amide bonds. The molecule has 132 valence electrons. The Morgan fingerprint density at radius 2 is 1.88 bits per heavy atom. The summed E-state index contributed by atoms with van der Waals surface area (Å²) in [5, 5.41) is 2.85. The summed E-state index contributed by atoms with van der Waals surface area (Å²) in [6, 6.07) is 17.1. The molecule has 0 saturated heterocycles. The van der Waals surface area contributed by atoms with Crippen LogP contribution in [0.25, 0.3) is 6.08 Å². The van der Waals surface area contributed by atoms with Crippen molar-refractivity contribution >= 4 is 67.4 Å². The Morgan fingerprint density at radius 3 is 2.62 bits per heavy atom. The lowest BCUT2D eigenvalue weighted by Crippen LogP contribution is -2.12. The standard InChI is InChI=1S/C19H15BrN2O2S2/c20-14-6-8-15(9-7-14)21-17(23)10-11-25-19-22-18(24)16(26-19)12-13-4-2-1-3-5-13/h1-9,12H,10-11H2,(H,21,23). The van der Waals surface area contributed by atoms with Crippen molar-refractivity contribution in [3.8, 4) is 0 Å². The minimum absolute atomic E-state index is 0.0604. The Morgan fingerprint density at radius 1 is 1.15 bits per heavy atom. The van der Waals surface area contributed by atoms with Gasteiger partial charge in [0.2, 0.25) is 5.91 Å². The first-order valence-electron chi connectivity index (χ1n) is 7.86. The van der Waals surface area contributed by atoms with Crippen LogP contribution in [0, 0.1) is 0 Å². The maximum absolute atomic E-state index is 12.0. The van der Waals surface area contributed by atoms with Crippen molar-refractivity contribution in [3.63, 3.8) is 0 Å². The Kier molecular flexibility index (Phi) is 6.71. The number of anilines is 1. The largest absolute Gasteiger partial charge is 0.326 e. The zero-order valence-corrected chi connectivity index (χ0v) is 16.9. The second-order valence-electron chi connectivity index (χ2n) is 5.36. The van der Waals surface area contributed by atoms with Crippen molar-refractivity contribution in [1.29, 1.82) is 0 Å². The maximum Gasteiger partial charge on any atom is 0.285 e. The molecule has 0 unspecified atom stereocenters. The molecule has 0 aliphatic carbocycles. The van der Waals surface area contributed by atoms with Crippen molar-refractivity contribution in [2.24, 2.45) is 4.99 Å².